The molecular weight excluding hydrogens is 332 g/mol. The fourth-order valence-electron chi connectivity index (χ4n) is 2.21. The van der Waals surface area contributed by atoms with Crippen LogP contribution in [0, 0.1) is 0 Å². The molecule has 0 atom stereocenters. The first kappa shape index (κ1) is 15.9. The highest BCUT2D eigenvalue weighted by Gasteiger charge is 2.20. The van der Waals surface area contributed by atoms with Gasteiger partial charge < -0.3 is 20.2 Å². The molecule has 0 unspecified atom stereocenters. The molecule has 0 aliphatic carbocycles. The first-order valence-electron chi connectivity index (χ1n) is 7.04. The molecule has 7 heteroatoms. The Labute approximate surface area is 142 Å². The summed E-state index contributed by atoms with van der Waals surface area (Å²) in [5.41, 5.74) is 5.89. The third-order valence-corrected chi connectivity index (χ3v) is 3.49. The number of carbonyl (C=O) groups is 2. The second-order valence-electron chi connectivity index (χ2n) is 4.96. The van der Waals surface area contributed by atoms with Gasteiger partial charge >= 0.3 is 0 Å². The first-order chi connectivity index (χ1) is 11.5. The molecule has 3 rings (SSSR count). The molecule has 0 aliphatic rings. The van der Waals surface area contributed by atoms with Crippen LogP contribution in [0.2, 0.25) is 5.02 Å². The molecule has 1 aromatic heterocycles. The van der Waals surface area contributed by atoms with Gasteiger partial charge in [0.05, 0.1) is 0 Å². The number of para-hydroxylation sites is 1. The Morgan fingerprint density at radius 1 is 1.17 bits per heavy atom. The number of ether oxygens (including phenoxy) is 1. The fourth-order valence-corrected chi connectivity index (χ4v) is 2.38. The van der Waals surface area contributed by atoms with Crippen LogP contribution in [-0.2, 0) is 4.79 Å². The van der Waals surface area contributed by atoms with Crippen LogP contribution < -0.4 is 15.8 Å². The summed E-state index contributed by atoms with van der Waals surface area (Å²) in [6, 6.07) is 13.7. The van der Waals surface area contributed by atoms with Crippen molar-refractivity contribution in [2.24, 2.45) is 5.73 Å². The van der Waals surface area contributed by atoms with Gasteiger partial charge in [0.25, 0.3) is 11.8 Å². The number of halogens is 1. The minimum absolute atomic E-state index is 0.139. The monoisotopic (exact) mass is 344 g/mol. The number of anilines is 1. The zero-order valence-corrected chi connectivity index (χ0v) is 13.2. The number of benzene rings is 2. The number of furan rings is 1. The molecule has 0 saturated heterocycles. The number of rotatable bonds is 5. The maximum atomic E-state index is 12.1. The van der Waals surface area contributed by atoms with Crippen molar-refractivity contribution in [1.82, 2.24) is 0 Å². The molecule has 122 valence electrons. The molecule has 0 spiro atoms. The van der Waals surface area contributed by atoms with E-state index in [1.54, 1.807) is 42.5 Å². The SMILES string of the molecule is NC(=O)c1oc2ccc(Cl)cc2c1NC(=O)COc1ccccc1. The van der Waals surface area contributed by atoms with Gasteiger partial charge in [0, 0.05) is 10.4 Å². The number of amides is 2. The largest absolute Gasteiger partial charge is 0.484 e. The van der Waals surface area contributed by atoms with E-state index in [9.17, 15) is 9.59 Å². The van der Waals surface area contributed by atoms with Gasteiger partial charge in [0.15, 0.2) is 6.61 Å². The predicted octanol–water partition coefficient (Wildman–Crippen LogP) is 3.20. The van der Waals surface area contributed by atoms with Crippen molar-refractivity contribution in [2.75, 3.05) is 11.9 Å². The van der Waals surface area contributed by atoms with E-state index in [2.05, 4.69) is 5.32 Å². The average Bonchev–Trinajstić information content (AvgIpc) is 2.92. The van der Waals surface area contributed by atoms with Gasteiger partial charge in [-0.25, -0.2) is 0 Å². The Kier molecular flexibility index (Phi) is 4.39. The number of primary amides is 1. The molecule has 6 nitrogen and oxygen atoms in total. The van der Waals surface area contributed by atoms with E-state index in [1.165, 1.54) is 0 Å². The Hall–Kier alpha value is -2.99. The first-order valence-corrected chi connectivity index (χ1v) is 7.42. The molecule has 0 radical (unpaired) electrons. The number of hydrogen-bond acceptors (Lipinski definition) is 4. The van der Waals surface area contributed by atoms with E-state index in [0.29, 0.717) is 21.7 Å². The molecule has 0 aliphatic heterocycles. The van der Waals surface area contributed by atoms with Crippen molar-refractivity contribution < 1.29 is 18.7 Å². The van der Waals surface area contributed by atoms with Crippen molar-refractivity contribution >= 4 is 40.1 Å². The topological polar surface area (TPSA) is 94.6 Å². The lowest BCUT2D eigenvalue weighted by Crippen LogP contribution is -2.22. The van der Waals surface area contributed by atoms with Crippen molar-refractivity contribution in [3.8, 4) is 5.75 Å². The molecule has 0 bridgehead atoms. The van der Waals surface area contributed by atoms with Gasteiger partial charge in [-0.15, -0.1) is 0 Å². The quantitative estimate of drug-likeness (QED) is 0.743. The van der Waals surface area contributed by atoms with Crippen LogP contribution in [0.1, 0.15) is 10.6 Å². The predicted molar refractivity (Wildman–Crippen MR) is 90.3 cm³/mol. The zero-order chi connectivity index (χ0) is 17.1. The normalized spacial score (nSPS) is 10.5. The number of hydrogen-bond donors (Lipinski definition) is 2. The summed E-state index contributed by atoms with van der Waals surface area (Å²) < 4.78 is 10.8. The van der Waals surface area contributed by atoms with E-state index in [-0.39, 0.29) is 18.1 Å². The lowest BCUT2D eigenvalue weighted by molar-refractivity contribution is -0.118. The molecule has 1 heterocycles. The summed E-state index contributed by atoms with van der Waals surface area (Å²) in [7, 11) is 0. The molecule has 0 fully saturated rings. The van der Waals surface area contributed by atoms with Crippen molar-refractivity contribution in [2.45, 2.75) is 0 Å². The lowest BCUT2D eigenvalue weighted by Gasteiger charge is -2.07. The number of fused-ring (bicyclic) bond motifs is 1. The molecular formula is C17H13ClN2O4. The third kappa shape index (κ3) is 3.33. The van der Waals surface area contributed by atoms with Gasteiger partial charge in [-0.05, 0) is 30.3 Å². The highest BCUT2D eigenvalue weighted by atomic mass is 35.5. The summed E-state index contributed by atoms with van der Waals surface area (Å²) in [5.74, 6) is -0.825. The summed E-state index contributed by atoms with van der Waals surface area (Å²) in [4.78, 5) is 23.7. The number of carbonyl (C=O) groups excluding carboxylic acids is 2. The average molecular weight is 345 g/mol. The zero-order valence-electron chi connectivity index (χ0n) is 12.4. The van der Waals surface area contributed by atoms with Gasteiger partial charge in [0.2, 0.25) is 5.76 Å². The van der Waals surface area contributed by atoms with E-state index in [0.717, 1.165) is 0 Å². The minimum atomic E-state index is -0.790. The van der Waals surface area contributed by atoms with Gasteiger partial charge in [-0.3, -0.25) is 9.59 Å². The van der Waals surface area contributed by atoms with Gasteiger partial charge in [-0.2, -0.15) is 0 Å². The van der Waals surface area contributed by atoms with E-state index in [1.807, 2.05) is 6.07 Å². The Morgan fingerprint density at radius 3 is 2.62 bits per heavy atom. The van der Waals surface area contributed by atoms with Crippen LogP contribution in [-0.4, -0.2) is 18.4 Å². The number of nitrogens with two attached hydrogens (primary N) is 1. The van der Waals surface area contributed by atoms with E-state index < -0.39 is 11.8 Å². The van der Waals surface area contributed by atoms with Crippen LogP contribution >= 0.6 is 11.6 Å². The highest BCUT2D eigenvalue weighted by Crippen LogP contribution is 2.32. The highest BCUT2D eigenvalue weighted by molar-refractivity contribution is 6.31. The van der Waals surface area contributed by atoms with Crippen molar-refractivity contribution in [1.29, 1.82) is 0 Å². The fraction of sp³-hybridized carbons (Fsp3) is 0.0588. The molecule has 3 N–H and O–H groups in total. The Bertz CT molecular complexity index is 906. The van der Waals surface area contributed by atoms with E-state index >= 15 is 0 Å². The standard InChI is InChI=1S/C17H13ClN2O4/c18-10-6-7-13-12(8-10)15(16(24-13)17(19)22)20-14(21)9-23-11-4-2-1-3-5-11/h1-8H,9H2,(H2,19,22)(H,20,21). The Morgan fingerprint density at radius 2 is 1.92 bits per heavy atom. The van der Waals surface area contributed by atoms with Crippen molar-refractivity contribution in [3.63, 3.8) is 0 Å². The van der Waals surface area contributed by atoms with Crippen molar-refractivity contribution in [3.05, 3.63) is 59.3 Å². The summed E-state index contributed by atoms with van der Waals surface area (Å²) in [6.45, 7) is -0.227. The summed E-state index contributed by atoms with van der Waals surface area (Å²) in [5, 5.41) is 3.53. The van der Waals surface area contributed by atoms with E-state index in [4.69, 9.17) is 26.5 Å². The smallest absolute Gasteiger partial charge is 0.286 e. The molecule has 24 heavy (non-hydrogen) atoms. The van der Waals surface area contributed by atoms with Crippen LogP contribution in [0.3, 0.4) is 0 Å². The summed E-state index contributed by atoms with van der Waals surface area (Å²) >= 11 is 5.96. The van der Waals surface area contributed by atoms with Gasteiger partial charge in [0.1, 0.15) is 17.0 Å². The molecule has 0 saturated carbocycles. The second kappa shape index (κ2) is 6.64. The van der Waals surface area contributed by atoms with Crippen LogP contribution in [0.4, 0.5) is 5.69 Å². The van der Waals surface area contributed by atoms with Crippen LogP contribution in [0.5, 0.6) is 5.75 Å². The number of nitrogens with one attached hydrogen (secondary N) is 1. The molecule has 2 amide bonds. The second-order valence-corrected chi connectivity index (χ2v) is 5.40. The molecule has 3 aromatic rings. The van der Waals surface area contributed by atoms with Crippen LogP contribution in [0.25, 0.3) is 11.0 Å². The van der Waals surface area contributed by atoms with Gasteiger partial charge in [-0.1, -0.05) is 29.8 Å². The maximum absolute atomic E-state index is 12.1. The maximum Gasteiger partial charge on any atom is 0.286 e. The lowest BCUT2D eigenvalue weighted by atomic mass is 10.2. The summed E-state index contributed by atoms with van der Waals surface area (Å²) in [6.07, 6.45) is 0. The van der Waals surface area contributed by atoms with Crippen LogP contribution in [0.15, 0.2) is 52.9 Å². The third-order valence-electron chi connectivity index (χ3n) is 3.25. The Balaban J connectivity index is 1.83. The minimum Gasteiger partial charge on any atom is -0.484 e. The molecule has 2 aromatic carbocycles.